The van der Waals surface area contributed by atoms with Gasteiger partial charge in [-0.1, -0.05) is 18.2 Å². The van der Waals surface area contributed by atoms with E-state index in [1.54, 1.807) is 6.92 Å². The van der Waals surface area contributed by atoms with E-state index in [2.05, 4.69) is 6.58 Å². The van der Waals surface area contributed by atoms with E-state index < -0.39 is 11.9 Å². The van der Waals surface area contributed by atoms with Crippen LogP contribution in [0.25, 0.3) is 0 Å². The van der Waals surface area contributed by atoms with Crippen molar-refractivity contribution in [1.29, 1.82) is 0 Å². The number of carboxylic acid groups (broad SMARTS) is 2. The van der Waals surface area contributed by atoms with Crippen molar-refractivity contribution in [3.05, 3.63) is 23.8 Å². The molecule has 0 aliphatic carbocycles. The molecule has 13 heavy (non-hydrogen) atoms. The van der Waals surface area contributed by atoms with Gasteiger partial charge in [-0.3, -0.25) is 9.59 Å². The van der Waals surface area contributed by atoms with Gasteiger partial charge in [0.1, 0.15) is 0 Å². The van der Waals surface area contributed by atoms with Crippen LogP contribution >= 0.6 is 0 Å². The predicted molar refractivity (Wildman–Crippen MR) is 47.4 cm³/mol. The number of aliphatic carboxylic acids is 2. The second-order valence-electron chi connectivity index (χ2n) is 2.79. The average Bonchev–Trinajstić information content (AvgIpc) is 1.80. The molecule has 0 aliphatic rings. The second-order valence-corrected chi connectivity index (χ2v) is 2.79. The summed E-state index contributed by atoms with van der Waals surface area (Å²) < 4.78 is 0. The smallest absolute Gasteiger partial charge is 0.307 e. The fourth-order valence-corrected chi connectivity index (χ4v) is 0.883. The number of carboxylic acids is 2. The zero-order valence-corrected chi connectivity index (χ0v) is 7.41. The first kappa shape index (κ1) is 11.4. The zero-order valence-electron chi connectivity index (χ0n) is 7.41. The van der Waals surface area contributed by atoms with Gasteiger partial charge in [-0.15, -0.1) is 0 Å². The van der Waals surface area contributed by atoms with Crippen LogP contribution in [0, 0.1) is 0 Å². The van der Waals surface area contributed by atoms with Crippen molar-refractivity contribution >= 4 is 11.9 Å². The van der Waals surface area contributed by atoms with Gasteiger partial charge in [0.25, 0.3) is 0 Å². The number of rotatable bonds is 5. The molecule has 0 fully saturated rings. The summed E-state index contributed by atoms with van der Waals surface area (Å²) >= 11 is 0. The van der Waals surface area contributed by atoms with Crippen molar-refractivity contribution in [2.24, 2.45) is 0 Å². The van der Waals surface area contributed by atoms with Crippen molar-refractivity contribution in [2.75, 3.05) is 0 Å². The van der Waals surface area contributed by atoms with E-state index >= 15 is 0 Å². The van der Waals surface area contributed by atoms with E-state index in [4.69, 9.17) is 10.2 Å². The molecule has 0 aromatic heterocycles. The molecule has 0 spiro atoms. The summed E-state index contributed by atoms with van der Waals surface area (Å²) in [5.41, 5.74) is 1.00. The highest BCUT2D eigenvalue weighted by molar-refractivity contribution is 5.72. The molecule has 4 heteroatoms. The Bertz CT molecular complexity index is 263. The molecule has 0 atom stereocenters. The van der Waals surface area contributed by atoms with Gasteiger partial charge in [0.2, 0.25) is 0 Å². The third kappa shape index (κ3) is 6.80. The Hall–Kier alpha value is -1.58. The Morgan fingerprint density at radius 3 is 2.08 bits per heavy atom. The lowest BCUT2D eigenvalue weighted by atomic mass is 10.1. The SMILES string of the molecule is C=C(/C=C(/C)CC(=O)O)CC(=O)O. The Labute approximate surface area is 76.2 Å². The molecule has 2 N–H and O–H groups in total. The van der Waals surface area contributed by atoms with E-state index in [0.717, 1.165) is 0 Å². The summed E-state index contributed by atoms with van der Waals surface area (Å²) in [6.45, 7) is 5.12. The van der Waals surface area contributed by atoms with Crippen LogP contribution in [-0.4, -0.2) is 22.2 Å². The summed E-state index contributed by atoms with van der Waals surface area (Å²) in [6, 6.07) is 0. The summed E-state index contributed by atoms with van der Waals surface area (Å²) in [5, 5.41) is 16.8. The number of carbonyl (C=O) groups is 2. The van der Waals surface area contributed by atoms with Gasteiger partial charge in [0, 0.05) is 0 Å². The molecule has 0 heterocycles. The molecule has 0 aromatic rings. The van der Waals surface area contributed by atoms with Crippen molar-refractivity contribution in [2.45, 2.75) is 19.8 Å². The lowest BCUT2D eigenvalue weighted by Gasteiger charge is -1.98. The zero-order chi connectivity index (χ0) is 10.4. The minimum Gasteiger partial charge on any atom is -0.481 e. The first-order valence-corrected chi connectivity index (χ1v) is 3.70. The Balaban J connectivity index is 4.14. The first-order chi connectivity index (χ1) is 5.91. The van der Waals surface area contributed by atoms with Gasteiger partial charge in [-0.25, -0.2) is 0 Å². The maximum absolute atomic E-state index is 10.2. The van der Waals surface area contributed by atoms with Crippen LogP contribution in [0.15, 0.2) is 23.8 Å². The summed E-state index contributed by atoms with van der Waals surface area (Å²) in [7, 11) is 0. The lowest BCUT2D eigenvalue weighted by Crippen LogP contribution is -1.97. The third-order valence-electron chi connectivity index (χ3n) is 1.26. The highest BCUT2D eigenvalue weighted by Gasteiger charge is 2.01. The summed E-state index contributed by atoms with van der Waals surface area (Å²) in [5.74, 6) is -1.90. The first-order valence-electron chi connectivity index (χ1n) is 3.70. The van der Waals surface area contributed by atoms with Crippen LogP contribution in [-0.2, 0) is 9.59 Å². The van der Waals surface area contributed by atoms with Gasteiger partial charge in [-0.2, -0.15) is 0 Å². The molecular formula is C9H12O4. The molecule has 0 rings (SSSR count). The molecule has 72 valence electrons. The molecule has 4 nitrogen and oxygen atoms in total. The Kier molecular flexibility index (Phi) is 4.51. The monoisotopic (exact) mass is 184 g/mol. The fourth-order valence-electron chi connectivity index (χ4n) is 0.883. The molecule has 0 bridgehead atoms. The lowest BCUT2D eigenvalue weighted by molar-refractivity contribution is -0.137. The van der Waals surface area contributed by atoms with Crippen LogP contribution in [0.3, 0.4) is 0 Å². The van der Waals surface area contributed by atoms with Crippen LogP contribution in [0.4, 0.5) is 0 Å². The number of hydrogen-bond acceptors (Lipinski definition) is 2. The second kappa shape index (κ2) is 5.13. The van der Waals surface area contributed by atoms with E-state index in [-0.39, 0.29) is 12.8 Å². The predicted octanol–water partition coefficient (Wildman–Crippen LogP) is 1.44. The Morgan fingerprint density at radius 1 is 1.23 bits per heavy atom. The van der Waals surface area contributed by atoms with Crippen LogP contribution in [0.5, 0.6) is 0 Å². The van der Waals surface area contributed by atoms with Gasteiger partial charge in [0.15, 0.2) is 0 Å². The molecule has 0 saturated heterocycles. The van der Waals surface area contributed by atoms with Crippen LogP contribution in [0.2, 0.25) is 0 Å². The number of allylic oxidation sites excluding steroid dienone is 1. The van der Waals surface area contributed by atoms with Crippen molar-refractivity contribution in [1.82, 2.24) is 0 Å². The molecule has 0 saturated carbocycles. The molecule has 0 amide bonds. The van der Waals surface area contributed by atoms with Crippen molar-refractivity contribution < 1.29 is 19.8 Å². The highest BCUT2D eigenvalue weighted by atomic mass is 16.4. The molecule has 0 aromatic carbocycles. The third-order valence-corrected chi connectivity index (χ3v) is 1.26. The van der Waals surface area contributed by atoms with Crippen molar-refractivity contribution in [3.63, 3.8) is 0 Å². The molecular weight excluding hydrogens is 172 g/mol. The minimum atomic E-state index is -0.968. The Morgan fingerprint density at radius 2 is 1.69 bits per heavy atom. The van der Waals surface area contributed by atoms with Gasteiger partial charge >= 0.3 is 11.9 Å². The summed E-state index contributed by atoms with van der Waals surface area (Å²) in [4.78, 5) is 20.4. The molecule has 0 aliphatic heterocycles. The van der Waals surface area contributed by atoms with E-state index in [9.17, 15) is 9.59 Å². The highest BCUT2D eigenvalue weighted by Crippen LogP contribution is 2.07. The quantitative estimate of drug-likeness (QED) is 0.634. The van der Waals surface area contributed by atoms with E-state index in [1.807, 2.05) is 0 Å². The maximum Gasteiger partial charge on any atom is 0.307 e. The normalized spacial score (nSPS) is 11.0. The maximum atomic E-state index is 10.2. The van der Waals surface area contributed by atoms with Crippen LogP contribution in [0.1, 0.15) is 19.8 Å². The summed E-state index contributed by atoms with van der Waals surface area (Å²) in [6.07, 6.45) is 1.25. The average molecular weight is 184 g/mol. The van der Waals surface area contributed by atoms with Gasteiger partial charge < -0.3 is 10.2 Å². The van der Waals surface area contributed by atoms with E-state index in [0.29, 0.717) is 11.1 Å². The largest absolute Gasteiger partial charge is 0.481 e. The van der Waals surface area contributed by atoms with Crippen molar-refractivity contribution in [3.8, 4) is 0 Å². The topological polar surface area (TPSA) is 74.6 Å². The minimum absolute atomic E-state index is 0.0847. The van der Waals surface area contributed by atoms with E-state index in [1.165, 1.54) is 6.08 Å². The number of hydrogen-bond donors (Lipinski definition) is 2. The van der Waals surface area contributed by atoms with Gasteiger partial charge in [-0.05, 0) is 12.5 Å². The molecule has 0 radical (unpaired) electrons. The molecule has 0 unspecified atom stereocenters. The standard InChI is InChI=1S/C9H12O4/c1-6(4-8(10)11)3-7(2)5-9(12)13/h3H,1,4-5H2,2H3,(H,10,11)(H,12,13)/b7-3-. The van der Waals surface area contributed by atoms with Gasteiger partial charge in [0.05, 0.1) is 12.8 Å². The fraction of sp³-hybridized carbons (Fsp3) is 0.333. The van der Waals surface area contributed by atoms with Crippen LogP contribution < -0.4 is 0 Å².